The molecule has 2 N–H and O–H groups in total. The van der Waals surface area contributed by atoms with Crippen molar-refractivity contribution in [1.82, 2.24) is 10.5 Å². The molecule has 0 fully saturated rings. The van der Waals surface area contributed by atoms with Crippen LogP contribution in [0.2, 0.25) is 0 Å². The lowest BCUT2D eigenvalue weighted by molar-refractivity contribution is -0.136. The standard InChI is InChI=1S/C8H12N2O3/c1-5-7(6(2)13-10-5)3-9-4-8(11)12/h9H,3-4H2,1-2H3,(H,11,12). The van der Waals surface area contributed by atoms with Crippen molar-refractivity contribution in [2.45, 2.75) is 20.4 Å². The SMILES string of the molecule is Cc1noc(C)c1CNCC(=O)O. The maximum atomic E-state index is 10.2. The molecule has 0 amide bonds. The monoisotopic (exact) mass is 184 g/mol. The zero-order valence-electron chi connectivity index (χ0n) is 7.63. The van der Waals surface area contributed by atoms with E-state index in [4.69, 9.17) is 9.63 Å². The third-order valence-electron chi connectivity index (χ3n) is 1.76. The number of nitrogens with zero attached hydrogens (tertiary/aromatic N) is 1. The second-order valence-electron chi connectivity index (χ2n) is 2.80. The summed E-state index contributed by atoms with van der Waals surface area (Å²) < 4.78 is 4.92. The van der Waals surface area contributed by atoms with E-state index in [1.165, 1.54) is 0 Å². The van der Waals surface area contributed by atoms with Gasteiger partial charge in [0.25, 0.3) is 0 Å². The van der Waals surface area contributed by atoms with Crippen LogP contribution in [0.5, 0.6) is 0 Å². The molecule has 0 saturated heterocycles. The summed E-state index contributed by atoms with van der Waals surface area (Å²) in [5, 5.41) is 14.9. The van der Waals surface area contributed by atoms with Crippen molar-refractivity contribution in [3.05, 3.63) is 17.0 Å². The number of hydrogen-bond donors (Lipinski definition) is 2. The van der Waals surface area contributed by atoms with Gasteiger partial charge < -0.3 is 14.9 Å². The van der Waals surface area contributed by atoms with E-state index in [-0.39, 0.29) is 6.54 Å². The molecule has 1 heterocycles. The Kier molecular flexibility index (Phi) is 3.02. The number of rotatable bonds is 4. The fraction of sp³-hybridized carbons (Fsp3) is 0.500. The van der Waals surface area contributed by atoms with E-state index in [0.717, 1.165) is 17.0 Å². The van der Waals surface area contributed by atoms with E-state index in [9.17, 15) is 4.79 Å². The summed E-state index contributed by atoms with van der Waals surface area (Å²) >= 11 is 0. The third kappa shape index (κ3) is 2.55. The minimum atomic E-state index is -0.869. The molecule has 5 nitrogen and oxygen atoms in total. The molecule has 0 aliphatic carbocycles. The normalized spacial score (nSPS) is 10.3. The summed E-state index contributed by atoms with van der Waals surface area (Å²) in [6.07, 6.45) is 0. The molecular weight excluding hydrogens is 172 g/mol. The Morgan fingerprint density at radius 2 is 2.31 bits per heavy atom. The molecule has 1 aromatic rings. The zero-order valence-corrected chi connectivity index (χ0v) is 7.63. The van der Waals surface area contributed by atoms with Crippen molar-refractivity contribution in [2.24, 2.45) is 0 Å². The highest BCUT2D eigenvalue weighted by Gasteiger charge is 2.08. The van der Waals surface area contributed by atoms with Gasteiger partial charge in [0, 0.05) is 12.1 Å². The van der Waals surface area contributed by atoms with Crippen LogP contribution >= 0.6 is 0 Å². The predicted octanol–water partition coefficient (Wildman–Crippen LogP) is 0.466. The van der Waals surface area contributed by atoms with E-state index < -0.39 is 5.97 Å². The molecule has 0 aliphatic rings. The fourth-order valence-electron chi connectivity index (χ4n) is 1.05. The average molecular weight is 184 g/mol. The molecule has 72 valence electrons. The Hall–Kier alpha value is -1.36. The lowest BCUT2D eigenvalue weighted by atomic mass is 10.2. The second-order valence-corrected chi connectivity index (χ2v) is 2.80. The maximum Gasteiger partial charge on any atom is 0.317 e. The van der Waals surface area contributed by atoms with Crippen molar-refractivity contribution in [2.75, 3.05) is 6.54 Å². The predicted molar refractivity (Wildman–Crippen MR) is 45.3 cm³/mol. The summed E-state index contributed by atoms with van der Waals surface area (Å²) in [4.78, 5) is 10.2. The van der Waals surface area contributed by atoms with Gasteiger partial charge in [-0.15, -0.1) is 0 Å². The van der Waals surface area contributed by atoms with Crippen LogP contribution in [0.15, 0.2) is 4.52 Å². The van der Waals surface area contributed by atoms with Crippen LogP contribution in [-0.4, -0.2) is 22.8 Å². The Bertz CT molecular complexity index is 287. The molecule has 0 aliphatic heterocycles. The van der Waals surface area contributed by atoms with Gasteiger partial charge in [0.2, 0.25) is 0 Å². The first-order valence-corrected chi connectivity index (χ1v) is 3.95. The largest absolute Gasteiger partial charge is 0.480 e. The number of aliphatic carboxylic acids is 1. The summed E-state index contributed by atoms with van der Waals surface area (Å²) in [5.74, 6) is -0.137. The number of aromatic nitrogens is 1. The van der Waals surface area contributed by atoms with Gasteiger partial charge >= 0.3 is 5.97 Å². The molecule has 0 saturated carbocycles. The van der Waals surface area contributed by atoms with Crippen molar-refractivity contribution in [1.29, 1.82) is 0 Å². The maximum absolute atomic E-state index is 10.2. The number of nitrogens with one attached hydrogen (secondary N) is 1. The van der Waals surface area contributed by atoms with Crippen LogP contribution in [0, 0.1) is 13.8 Å². The minimum absolute atomic E-state index is 0.0515. The molecular formula is C8H12N2O3. The lowest BCUT2D eigenvalue weighted by Crippen LogP contribution is -2.22. The minimum Gasteiger partial charge on any atom is -0.480 e. The first-order chi connectivity index (χ1) is 6.11. The van der Waals surface area contributed by atoms with Crippen LogP contribution in [0.4, 0.5) is 0 Å². The van der Waals surface area contributed by atoms with Gasteiger partial charge in [-0.3, -0.25) is 4.79 Å². The van der Waals surface area contributed by atoms with E-state index in [0.29, 0.717) is 6.54 Å². The number of hydrogen-bond acceptors (Lipinski definition) is 4. The van der Waals surface area contributed by atoms with Crippen molar-refractivity contribution in [3.8, 4) is 0 Å². The van der Waals surface area contributed by atoms with Gasteiger partial charge in [-0.2, -0.15) is 0 Å². The van der Waals surface area contributed by atoms with Crippen LogP contribution < -0.4 is 5.32 Å². The van der Waals surface area contributed by atoms with Crippen molar-refractivity contribution < 1.29 is 14.4 Å². The molecule has 0 unspecified atom stereocenters. The first-order valence-electron chi connectivity index (χ1n) is 3.95. The number of carboxylic acids is 1. The summed E-state index contributed by atoms with van der Waals surface area (Å²) in [7, 11) is 0. The number of aryl methyl sites for hydroxylation is 2. The fourth-order valence-corrected chi connectivity index (χ4v) is 1.05. The molecule has 0 radical (unpaired) electrons. The molecule has 0 spiro atoms. The van der Waals surface area contributed by atoms with Crippen LogP contribution in [0.25, 0.3) is 0 Å². The van der Waals surface area contributed by atoms with Gasteiger partial charge in [0.15, 0.2) is 0 Å². The molecule has 0 atom stereocenters. The molecule has 0 aromatic carbocycles. The van der Waals surface area contributed by atoms with E-state index in [1.54, 1.807) is 6.92 Å². The van der Waals surface area contributed by atoms with Crippen LogP contribution in [0.1, 0.15) is 17.0 Å². The van der Waals surface area contributed by atoms with Gasteiger partial charge in [-0.05, 0) is 13.8 Å². The van der Waals surface area contributed by atoms with Gasteiger partial charge in [-0.1, -0.05) is 5.16 Å². The van der Waals surface area contributed by atoms with E-state index in [1.807, 2.05) is 6.92 Å². The van der Waals surface area contributed by atoms with Gasteiger partial charge in [0.1, 0.15) is 5.76 Å². The summed E-state index contributed by atoms with van der Waals surface area (Å²) in [6.45, 7) is 4.06. The Balaban J connectivity index is 2.49. The van der Waals surface area contributed by atoms with E-state index >= 15 is 0 Å². The Labute approximate surface area is 75.7 Å². The highest BCUT2D eigenvalue weighted by molar-refractivity contribution is 5.68. The molecule has 1 aromatic heterocycles. The van der Waals surface area contributed by atoms with Gasteiger partial charge in [-0.25, -0.2) is 0 Å². The summed E-state index contributed by atoms with van der Waals surface area (Å²) in [6, 6.07) is 0. The number of carboxylic acid groups (broad SMARTS) is 1. The molecule has 13 heavy (non-hydrogen) atoms. The van der Waals surface area contributed by atoms with Crippen molar-refractivity contribution in [3.63, 3.8) is 0 Å². The average Bonchev–Trinajstić information content (AvgIpc) is 2.34. The molecule has 5 heteroatoms. The third-order valence-corrected chi connectivity index (χ3v) is 1.76. The van der Waals surface area contributed by atoms with Crippen LogP contribution in [-0.2, 0) is 11.3 Å². The highest BCUT2D eigenvalue weighted by Crippen LogP contribution is 2.10. The molecule has 0 bridgehead atoms. The number of carbonyl (C=O) groups is 1. The lowest BCUT2D eigenvalue weighted by Gasteiger charge is -1.99. The summed E-state index contributed by atoms with van der Waals surface area (Å²) in [5.41, 5.74) is 1.73. The Morgan fingerprint density at radius 1 is 1.62 bits per heavy atom. The second kappa shape index (κ2) is 4.04. The van der Waals surface area contributed by atoms with Crippen molar-refractivity contribution >= 4 is 5.97 Å². The molecule has 1 rings (SSSR count). The highest BCUT2D eigenvalue weighted by atomic mass is 16.5. The van der Waals surface area contributed by atoms with E-state index in [2.05, 4.69) is 10.5 Å². The topological polar surface area (TPSA) is 75.4 Å². The smallest absolute Gasteiger partial charge is 0.317 e. The van der Waals surface area contributed by atoms with Gasteiger partial charge in [0.05, 0.1) is 12.2 Å². The zero-order chi connectivity index (χ0) is 9.84. The van der Waals surface area contributed by atoms with Crippen LogP contribution in [0.3, 0.4) is 0 Å². The Morgan fingerprint density at radius 3 is 2.77 bits per heavy atom. The quantitative estimate of drug-likeness (QED) is 0.711. The first kappa shape index (κ1) is 9.73.